The van der Waals surface area contributed by atoms with E-state index in [1.807, 2.05) is 24.3 Å². The third kappa shape index (κ3) is 4.07. The van der Waals surface area contributed by atoms with E-state index in [4.69, 9.17) is 4.74 Å². The Morgan fingerprint density at radius 1 is 1.19 bits per heavy atom. The monoisotopic (exact) mass is 373 g/mol. The first-order valence-electron chi connectivity index (χ1n) is 9.40. The number of nitrogens with zero attached hydrogens (tertiary/aromatic N) is 3. The summed E-state index contributed by atoms with van der Waals surface area (Å²) in [6.45, 7) is 6.14. The fourth-order valence-corrected chi connectivity index (χ4v) is 3.78. The number of rotatable bonds is 5. The number of likely N-dealkylation sites (tertiary alicyclic amines) is 1. The summed E-state index contributed by atoms with van der Waals surface area (Å²) in [5.74, 6) is 0.457. The van der Waals surface area contributed by atoms with Gasteiger partial charge in [-0.2, -0.15) is 0 Å². The van der Waals surface area contributed by atoms with Crippen LogP contribution in [0.4, 0.5) is 5.69 Å². The normalized spacial score (nSPS) is 20.6. The smallest absolute Gasteiger partial charge is 0.246 e. The second-order valence-corrected chi connectivity index (χ2v) is 7.57. The molecule has 1 unspecified atom stereocenters. The van der Waals surface area contributed by atoms with Gasteiger partial charge >= 0.3 is 0 Å². The average Bonchev–Trinajstić information content (AvgIpc) is 3.01. The Morgan fingerprint density at radius 3 is 2.59 bits per heavy atom. The van der Waals surface area contributed by atoms with Crippen LogP contribution in [0.15, 0.2) is 24.3 Å². The summed E-state index contributed by atoms with van der Waals surface area (Å²) < 4.78 is 5.34. The molecule has 0 spiro atoms. The molecule has 0 radical (unpaired) electrons. The Hall–Kier alpha value is -2.57. The van der Waals surface area contributed by atoms with E-state index in [1.54, 1.807) is 21.8 Å². The molecule has 7 heteroatoms. The maximum atomic E-state index is 12.8. The molecular weight excluding hydrogens is 346 g/mol. The van der Waals surface area contributed by atoms with Crippen molar-refractivity contribution < 1.29 is 19.1 Å². The minimum absolute atomic E-state index is 0.0287. The van der Waals surface area contributed by atoms with Gasteiger partial charge in [0.25, 0.3) is 0 Å². The summed E-state index contributed by atoms with van der Waals surface area (Å²) in [4.78, 5) is 42.7. The van der Waals surface area contributed by atoms with Crippen molar-refractivity contribution in [2.75, 3.05) is 44.7 Å². The van der Waals surface area contributed by atoms with Crippen molar-refractivity contribution in [1.82, 2.24) is 9.80 Å². The van der Waals surface area contributed by atoms with Gasteiger partial charge in [-0.15, -0.1) is 0 Å². The number of hydrogen-bond acceptors (Lipinski definition) is 4. The van der Waals surface area contributed by atoms with Gasteiger partial charge in [0.1, 0.15) is 12.3 Å². The number of hydrogen-bond donors (Lipinski definition) is 0. The van der Waals surface area contributed by atoms with E-state index < -0.39 is 0 Å². The van der Waals surface area contributed by atoms with Crippen molar-refractivity contribution in [1.29, 1.82) is 0 Å². The molecule has 2 saturated heterocycles. The minimum Gasteiger partial charge on any atom is -0.495 e. The molecule has 2 aliphatic rings. The molecule has 2 fully saturated rings. The van der Waals surface area contributed by atoms with Crippen LogP contribution >= 0.6 is 0 Å². The summed E-state index contributed by atoms with van der Waals surface area (Å²) in [6, 6.07) is 7.37. The summed E-state index contributed by atoms with van der Waals surface area (Å²) in [5.41, 5.74) is 0.719. The highest BCUT2D eigenvalue weighted by Crippen LogP contribution is 2.29. The van der Waals surface area contributed by atoms with Gasteiger partial charge in [-0.3, -0.25) is 14.4 Å². The molecule has 0 bridgehead atoms. The Bertz CT molecular complexity index is 734. The van der Waals surface area contributed by atoms with Crippen LogP contribution in [0.5, 0.6) is 5.75 Å². The number of ether oxygens (including phenoxy) is 1. The predicted octanol–water partition coefficient (Wildman–Crippen LogP) is 1.37. The van der Waals surface area contributed by atoms with Crippen LogP contribution in [-0.4, -0.2) is 67.4 Å². The zero-order valence-electron chi connectivity index (χ0n) is 16.2. The van der Waals surface area contributed by atoms with Crippen molar-refractivity contribution in [2.24, 2.45) is 11.8 Å². The molecule has 3 amide bonds. The molecule has 1 atom stereocenters. The van der Waals surface area contributed by atoms with Gasteiger partial charge in [0.05, 0.1) is 18.7 Å². The van der Waals surface area contributed by atoms with Gasteiger partial charge in [0, 0.05) is 32.6 Å². The van der Waals surface area contributed by atoms with Crippen LogP contribution in [0.1, 0.15) is 20.3 Å². The van der Waals surface area contributed by atoms with E-state index in [0.717, 1.165) is 5.69 Å². The third-order valence-electron chi connectivity index (χ3n) is 5.06. The van der Waals surface area contributed by atoms with Gasteiger partial charge in [-0.05, 0) is 18.1 Å². The molecule has 0 aliphatic carbocycles. The van der Waals surface area contributed by atoms with Gasteiger partial charge in [-0.1, -0.05) is 26.0 Å². The van der Waals surface area contributed by atoms with Gasteiger partial charge in [-0.25, -0.2) is 0 Å². The van der Waals surface area contributed by atoms with E-state index in [2.05, 4.69) is 13.8 Å². The van der Waals surface area contributed by atoms with E-state index in [-0.39, 0.29) is 36.6 Å². The van der Waals surface area contributed by atoms with Crippen molar-refractivity contribution in [3.63, 3.8) is 0 Å². The van der Waals surface area contributed by atoms with Gasteiger partial charge < -0.3 is 19.4 Å². The standard InChI is InChI=1S/C20H27N3O4/c1-14(2)11-22-12-15(10-18(22)24)20(26)21-8-9-23(19(25)13-21)16-6-4-5-7-17(16)27-3/h4-7,14-15H,8-13H2,1-3H3. The van der Waals surface area contributed by atoms with Crippen molar-refractivity contribution in [3.05, 3.63) is 24.3 Å². The molecule has 0 N–H and O–H groups in total. The van der Waals surface area contributed by atoms with Crippen LogP contribution in [0, 0.1) is 11.8 Å². The van der Waals surface area contributed by atoms with Crippen LogP contribution in [0.3, 0.4) is 0 Å². The number of carbonyl (C=O) groups is 3. The molecule has 0 aromatic heterocycles. The lowest BCUT2D eigenvalue weighted by Gasteiger charge is -2.35. The molecule has 1 aromatic rings. The summed E-state index contributed by atoms with van der Waals surface area (Å²) in [7, 11) is 1.57. The Labute approximate surface area is 159 Å². The maximum Gasteiger partial charge on any atom is 0.246 e. The van der Waals surface area contributed by atoms with Crippen molar-refractivity contribution in [2.45, 2.75) is 20.3 Å². The maximum absolute atomic E-state index is 12.8. The van der Waals surface area contributed by atoms with Gasteiger partial charge in [0.15, 0.2) is 0 Å². The fourth-order valence-electron chi connectivity index (χ4n) is 3.78. The highest BCUT2D eigenvalue weighted by atomic mass is 16.5. The SMILES string of the molecule is COc1ccccc1N1CCN(C(=O)C2CC(=O)N(CC(C)C)C2)CC1=O. The largest absolute Gasteiger partial charge is 0.495 e. The molecule has 2 aliphatic heterocycles. The lowest BCUT2D eigenvalue weighted by Crippen LogP contribution is -2.54. The Morgan fingerprint density at radius 2 is 1.93 bits per heavy atom. The highest BCUT2D eigenvalue weighted by molar-refractivity contribution is 6.00. The second kappa shape index (κ2) is 7.98. The van der Waals surface area contributed by atoms with E-state index in [1.165, 1.54) is 0 Å². The van der Waals surface area contributed by atoms with Crippen LogP contribution < -0.4 is 9.64 Å². The molecule has 146 valence electrons. The lowest BCUT2D eigenvalue weighted by atomic mass is 10.1. The van der Waals surface area contributed by atoms with E-state index in [9.17, 15) is 14.4 Å². The zero-order chi connectivity index (χ0) is 19.6. The first-order valence-corrected chi connectivity index (χ1v) is 9.40. The highest BCUT2D eigenvalue weighted by Gasteiger charge is 2.39. The van der Waals surface area contributed by atoms with Crippen LogP contribution in [0.25, 0.3) is 0 Å². The Balaban J connectivity index is 1.63. The Kier molecular flexibility index (Phi) is 5.68. The molecule has 27 heavy (non-hydrogen) atoms. The molecule has 3 rings (SSSR count). The van der Waals surface area contributed by atoms with Crippen LogP contribution in [0.2, 0.25) is 0 Å². The molecule has 7 nitrogen and oxygen atoms in total. The first-order chi connectivity index (χ1) is 12.9. The van der Waals surface area contributed by atoms with Crippen LogP contribution in [-0.2, 0) is 14.4 Å². The summed E-state index contributed by atoms with van der Waals surface area (Å²) >= 11 is 0. The number of amides is 3. The fraction of sp³-hybridized carbons (Fsp3) is 0.550. The number of carbonyl (C=O) groups excluding carboxylic acids is 3. The van der Waals surface area contributed by atoms with E-state index >= 15 is 0 Å². The number of methoxy groups -OCH3 is 1. The summed E-state index contributed by atoms with van der Waals surface area (Å²) in [6.07, 6.45) is 0.243. The summed E-state index contributed by atoms with van der Waals surface area (Å²) in [5, 5.41) is 0. The number of anilines is 1. The number of benzene rings is 1. The average molecular weight is 373 g/mol. The lowest BCUT2D eigenvalue weighted by molar-refractivity contribution is -0.140. The molecular formula is C20H27N3O4. The van der Waals surface area contributed by atoms with E-state index in [0.29, 0.717) is 37.8 Å². The minimum atomic E-state index is -0.345. The third-order valence-corrected chi connectivity index (χ3v) is 5.06. The predicted molar refractivity (Wildman–Crippen MR) is 101 cm³/mol. The molecule has 1 aromatic carbocycles. The molecule has 0 saturated carbocycles. The number of para-hydroxylation sites is 2. The first kappa shape index (κ1) is 19.2. The zero-order valence-corrected chi connectivity index (χ0v) is 16.2. The second-order valence-electron chi connectivity index (χ2n) is 7.57. The number of piperazine rings is 1. The quantitative estimate of drug-likeness (QED) is 0.782. The van der Waals surface area contributed by atoms with Crippen molar-refractivity contribution in [3.8, 4) is 5.75 Å². The molecule has 2 heterocycles. The van der Waals surface area contributed by atoms with Gasteiger partial charge in [0.2, 0.25) is 17.7 Å². The van der Waals surface area contributed by atoms with Crippen molar-refractivity contribution >= 4 is 23.4 Å². The topological polar surface area (TPSA) is 70.2 Å².